The van der Waals surface area contributed by atoms with Crippen LogP contribution >= 0.6 is 0 Å². The standard InChI is InChI=1S/C23H24N4O/c1-3-17-12-14-27(23(17)28)26-22(21-10-6-7-16(2)25-21)15-18-11-13-24-20-9-5-4-8-19(18)20/h4-11,13,17H,3,12,14-15H2,1-2H3/b26-22+. The summed E-state index contributed by atoms with van der Waals surface area (Å²) in [6, 6.07) is 16.0. The molecular weight excluding hydrogens is 348 g/mol. The first-order valence-electron chi connectivity index (χ1n) is 9.81. The molecule has 0 saturated carbocycles. The predicted octanol–water partition coefficient (Wildman–Crippen LogP) is 4.14. The molecule has 3 heterocycles. The molecule has 0 spiro atoms. The molecule has 1 atom stereocenters. The molecule has 1 unspecified atom stereocenters. The van der Waals surface area contributed by atoms with E-state index in [1.165, 1.54) is 0 Å². The highest BCUT2D eigenvalue weighted by atomic mass is 16.2. The van der Waals surface area contributed by atoms with Crippen LogP contribution < -0.4 is 0 Å². The van der Waals surface area contributed by atoms with Crippen molar-refractivity contribution in [3.63, 3.8) is 0 Å². The zero-order valence-corrected chi connectivity index (χ0v) is 16.3. The third-order valence-corrected chi connectivity index (χ3v) is 5.31. The highest BCUT2D eigenvalue weighted by Gasteiger charge is 2.30. The van der Waals surface area contributed by atoms with Gasteiger partial charge in [-0.15, -0.1) is 0 Å². The number of hydrogen-bond acceptors (Lipinski definition) is 4. The Labute approximate surface area is 165 Å². The molecule has 28 heavy (non-hydrogen) atoms. The summed E-state index contributed by atoms with van der Waals surface area (Å²) in [6.07, 6.45) is 4.15. The Morgan fingerprint density at radius 2 is 2.04 bits per heavy atom. The van der Waals surface area contributed by atoms with Crippen molar-refractivity contribution in [2.24, 2.45) is 11.0 Å². The Balaban J connectivity index is 1.75. The van der Waals surface area contributed by atoms with Crippen LogP contribution in [0.1, 0.15) is 36.7 Å². The largest absolute Gasteiger partial charge is 0.273 e. The highest BCUT2D eigenvalue weighted by molar-refractivity contribution is 6.02. The van der Waals surface area contributed by atoms with Crippen molar-refractivity contribution in [2.75, 3.05) is 6.54 Å². The van der Waals surface area contributed by atoms with Gasteiger partial charge in [-0.25, -0.2) is 5.01 Å². The number of carbonyl (C=O) groups is 1. The van der Waals surface area contributed by atoms with Crippen LogP contribution in [-0.4, -0.2) is 33.1 Å². The maximum absolute atomic E-state index is 12.6. The van der Waals surface area contributed by atoms with E-state index < -0.39 is 0 Å². The Bertz CT molecular complexity index is 1040. The van der Waals surface area contributed by atoms with Crippen molar-refractivity contribution >= 4 is 22.5 Å². The number of hydrazone groups is 1. The first-order valence-corrected chi connectivity index (χ1v) is 9.81. The second-order valence-electron chi connectivity index (χ2n) is 7.23. The van der Waals surface area contributed by atoms with E-state index in [1.54, 1.807) is 5.01 Å². The number of aromatic nitrogens is 2. The van der Waals surface area contributed by atoms with Gasteiger partial charge in [0.25, 0.3) is 0 Å². The van der Waals surface area contributed by atoms with Gasteiger partial charge < -0.3 is 0 Å². The van der Waals surface area contributed by atoms with Crippen LogP contribution in [0.25, 0.3) is 10.9 Å². The van der Waals surface area contributed by atoms with Crippen LogP contribution in [-0.2, 0) is 11.2 Å². The molecule has 0 aliphatic carbocycles. The zero-order valence-electron chi connectivity index (χ0n) is 16.3. The van der Waals surface area contributed by atoms with Gasteiger partial charge in [0.2, 0.25) is 5.91 Å². The summed E-state index contributed by atoms with van der Waals surface area (Å²) in [5.74, 6) is 0.199. The zero-order chi connectivity index (χ0) is 19.5. The lowest BCUT2D eigenvalue weighted by Gasteiger charge is -2.15. The second kappa shape index (κ2) is 7.89. The fraction of sp³-hybridized carbons (Fsp3) is 0.304. The van der Waals surface area contributed by atoms with Crippen LogP contribution in [0, 0.1) is 12.8 Å². The number of aryl methyl sites for hydroxylation is 1. The Hall–Kier alpha value is -3.08. The minimum atomic E-state index is 0.0808. The number of nitrogens with zero attached hydrogens (tertiary/aromatic N) is 4. The first kappa shape index (κ1) is 18.3. The van der Waals surface area contributed by atoms with E-state index in [0.717, 1.165) is 46.4 Å². The van der Waals surface area contributed by atoms with E-state index in [-0.39, 0.29) is 11.8 Å². The molecule has 1 aliphatic heterocycles. The average Bonchev–Trinajstić information content (AvgIpc) is 3.07. The van der Waals surface area contributed by atoms with Gasteiger partial charge in [-0.3, -0.25) is 14.8 Å². The Morgan fingerprint density at radius 3 is 2.82 bits per heavy atom. The molecule has 0 radical (unpaired) electrons. The van der Waals surface area contributed by atoms with Crippen molar-refractivity contribution < 1.29 is 4.79 Å². The quantitative estimate of drug-likeness (QED) is 0.632. The number of fused-ring (bicyclic) bond motifs is 1. The number of para-hydroxylation sites is 1. The lowest BCUT2D eigenvalue weighted by Crippen LogP contribution is -2.25. The molecular formula is C23H24N4O. The minimum absolute atomic E-state index is 0.0808. The molecule has 2 aromatic heterocycles. The topological polar surface area (TPSA) is 58.5 Å². The van der Waals surface area contributed by atoms with Gasteiger partial charge in [0.1, 0.15) is 0 Å². The molecule has 3 aromatic rings. The molecule has 0 N–H and O–H groups in total. The van der Waals surface area contributed by atoms with E-state index in [0.29, 0.717) is 13.0 Å². The Morgan fingerprint density at radius 1 is 1.18 bits per heavy atom. The van der Waals surface area contributed by atoms with Crippen molar-refractivity contribution in [3.8, 4) is 0 Å². The number of pyridine rings is 2. The van der Waals surface area contributed by atoms with Crippen LogP contribution in [0.4, 0.5) is 0 Å². The van der Waals surface area contributed by atoms with E-state index in [9.17, 15) is 4.79 Å². The van der Waals surface area contributed by atoms with Gasteiger partial charge in [0.15, 0.2) is 0 Å². The summed E-state index contributed by atoms with van der Waals surface area (Å²) in [4.78, 5) is 21.7. The lowest BCUT2D eigenvalue weighted by molar-refractivity contribution is -0.131. The van der Waals surface area contributed by atoms with Gasteiger partial charge >= 0.3 is 0 Å². The number of carbonyl (C=O) groups excluding carboxylic acids is 1. The molecule has 1 aliphatic rings. The van der Waals surface area contributed by atoms with E-state index in [4.69, 9.17) is 5.10 Å². The predicted molar refractivity (Wildman–Crippen MR) is 111 cm³/mol. The molecule has 1 saturated heterocycles. The number of hydrogen-bond donors (Lipinski definition) is 0. The van der Waals surface area contributed by atoms with Gasteiger partial charge in [0, 0.05) is 36.2 Å². The van der Waals surface area contributed by atoms with Gasteiger partial charge in [-0.05, 0) is 49.6 Å². The number of amides is 1. The summed E-state index contributed by atoms with van der Waals surface area (Å²) in [7, 11) is 0. The monoisotopic (exact) mass is 372 g/mol. The smallest absolute Gasteiger partial charge is 0.245 e. The summed E-state index contributed by atoms with van der Waals surface area (Å²) in [5.41, 5.74) is 4.65. The SMILES string of the molecule is CCC1CCN(/N=C(\Cc2ccnc3ccccc23)c2cccc(C)n2)C1=O. The molecule has 142 valence electrons. The second-order valence-corrected chi connectivity index (χ2v) is 7.23. The maximum Gasteiger partial charge on any atom is 0.245 e. The maximum atomic E-state index is 12.6. The van der Waals surface area contributed by atoms with E-state index >= 15 is 0 Å². The number of benzene rings is 1. The molecule has 0 bridgehead atoms. The van der Waals surface area contributed by atoms with E-state index in [1.807, 2.05) is 55.6 Å². The fourth-order valence-electron chi connectivity index (χ4n) is 3.72. The van der Waals surface area contributed by atoms with Gasteiger partial charge in [-0.1, -0.05) is 31.2 Å². The normalized spacial score (nSPS) is 17.5. The summed E-state index contributed by atoms with van der Waals surface area (Å²) in [6.45, 7) is 4.70. The van der Waals surface area contributed by atoms with Crippen molar-refractivity contribution in [3.05, 3.63) is 71.7 Å². The van der Waals surface area contributed by atoms with Crippen LogP contribution in [0.15, 0.2) is 59.8 Å². The molecule has 1 amide bonds. The van der Waals surface area contributed by atoms with Crippen molar-refractivity contribution in [1.82, 2.24) is 15.0 Å². The third-order valence-electron chi connectivity index (χ3n) is 5.31. The molecule has 5 nitrogen and oxygen atoms in total. The van der Waals surface area contributed by atoms with Crippen molar-refractivity contribution in [2.45, 2.75) is 33.1 Å². The van der Waals surface area contributed by atoms with Gasteiger partial charge in [-0.2, -0.15) is 5.10 Å². The van der Waals surface area contributed by atoms with E-state index in [2.05, 4.69) is 23.0 Å². The summed E-state index contributed by atoms with van der Waals surface area (Å²) in [5, 5.41) is 7.52. The molecule has 1 aromatic carbocycles. The van der Waals surface area contributed by atoms with Crippen molar-refractivity contribution in [1.29, 1.82) is 0 Å². The highest BCUT2D eigenvalue weighted by Crippen LogP contribution is 2.23. The van der Waals surface area contributed by atoms with Crippen LogP contribution in [0.3, 0.4) is 0 Å². The molecule has 5 heteroatoms. The molecule has 1 fully saturated rings. The first-order chi connectivity index (χ1) is 13.7. The Kier molecular flexibility index (Phi) is 5.15. The van der Waals surface area contributed by atoms with Gasteiger partial charge in [0.05, 0.1) is 16.9 Å². The van der Waals surface area contributed by atoms with Crippen LogP contribution in [0.5, 0.6) is 0 Å². The minimum Gasteiger partial charge on any atom is -0.273 e. The fourth-order valence-corrected chi connectivity index (χ4v) is 3.72. The van der Waals surface area contributed by atoms with Crippen LogP contribution in [0.2, 0.25) is 0 Å². The molecule has 4 rings (SSSR count). The average molecular weight is 372 g/mol. The lowest BCUT2D eigenvalue weighted by atomic mass is 10.0. The summed E-state index contributed by atoms with van der Waals surface area (Å²) >= 11 is 0. The summed E-state index contributed by atoms with van der Waals surface area (Å²) < 4.78 is 0. The number of rotatable bonds is 5. The third kappa shape index (κ3) is 3.65.